The molecule has 246 valence electrons. The zero-order chi connectivity index (χ0) is 33.8. The third-order valence-electron chi connectivity index (χ3n) is 9.21. The van der Waals surface area contributed by atoms with Gasteiger partial charge in [0.1, 0.15) is 23.7 Å². The maximum atomic E-state index is 12.0. The van der Waals surface area contributed by atoms with E-state index in [4.69, 9.17) is 18.9 Å². The zero-order valence-corrected chi connectivity index (χ0v) is 26.4. The third-order valence-corrected chi connectivity index (χ3v) is 9.21. The first-order valence-corrected chi connectivity index (χ1v) is 15.0. The van der Waals surface area contributed by atoms with Crippen LogP contribution in [0.25, 0.3) is 0 Å². The van der Waals surface area contributed by atoms with E-state index in [9.17, 15) is 39.0 Å². The lowest BCUT2D eigenvalue weighted by Gasteiger charge is -2.33. The molecule has 14 heteroatoms. The van der Waals surface area contributed by atoms with Crippen LogP contribution in [0.15, 0.2) is 35.3 Å². The van der Waals surface area contributed by atoms with Crippen molar-refractivity contribution in [2.45, 2.75) is 90.9 Å². The number of hydrogen-bond acceptors (Lipinski definition) is 12. The van der Waals surface area contributed by atoms with Gasteiger partial charge < -0.3 is 39.8 Å². The fourth-order valence-corrected chi connectivity index (χ4v) is 6.85. The number of amides is 2. The minimum absolute atomic E-state index is 0.302. The molecule has 2 aliphatic carbocycles. The van der Waals surface area contributed by atoms with Gasteiger partial charge >= 0.3 is 23.9 Å². The van der Waals surface area contributed by atoms with Crippen LogP contribution in [0.4, 0.5) is 0 Å². The Morgan fingerprint density at radius 2 is 1.24 bits per heavy atom. The Kier molecular flexibility index (Phi) is 9.06. The van der Waals surface area contributed by atoms with E-state index in [1.165, 1.54) is 13.8 Å². The molecule has 2 saturated heterocycles. The van der Waals surface area contributed by atoms with Crippen molar-refractivity contribution < 1.29 is 57.9 Å². The van der Waals surface area contributed by atoms with Gasteiger partial charge in [-0.2, -0.15) is 0 Å². The van der Waals surface area contributed by atoms with Crippen LogP contribution in [0.1, 0.15) is 55.4 Å². The number of carbonyl (C=O) groups excluding carboxylic acids is 6. The van der Waals surface area contributed by atoms with Gasteiger partial charge in [0.25, 0.3) is 11.8 Å². The highest BCUT2D eigenvalue weighted by Gasteiger charge is 2.69. The molecule has 4 heterocycles. The quantitative estimate of drug-likeness (QED) is 0.188. The summed E-state index contributed by atoms with van der Waals surface area (Å²) in [6.45, 7) is 13.5. The Balaban J connectivity index is 0.000000194. The molecule has 14 nitrogen and oxygen atoms in total. The number of hydrogen-bond donors (Lipinski definition) is 4. The molecule has 6 rings (SSSR count). The van der Waals surface area contributed by atoms with E-state index >= 15 is 0 Å². The molecular formula is C31H40N2O12. The van der Waals surface area contributed by atoms with Gasteiger partial charge in [-0.1, -0.05) is 33.8 Å². The SMILES string of the molecule is C/C=C(\C)C(=O)O[C@H]1[C@H]2NC(=O)C3=COC(=O)[C@@H]([C@@H]32)[C@@]1(C)O.CC.CC(C)C(=O)O[C@H]1[C@H]2NC(=O)C3=COC(=O)[C@@H]([C@@H]32)[C@@]1(C)O. The first-order valence-electron chi connectivity index (χ1n) is 15.0. The molecule has 45 heavy (non-hydrogen) atoms. The number of ether oxygens (including phenoxy) is 4. The second kappa shape index (κ2) is 12.0. The van der Waals surface area contributed by atoms with Crippen LogP contribution in [0.2, 0.25) is 0 Å². The number of esters is 4. The highest BCUT2D eigenvalue weighted by Crippen LogP contribution is 2.52. The number of carbonyl (C=O) groups is 6. The molecule has 0 aromatic heterocycles. The molecule has 2 saturated carbocycles. The van der Waals surface area contributed by atoms with Crippen LogP contribution in [0, 0.1) is 29.6 Å². The van der Waals surface area contributed by atoms with Crippen LogP contribution in [0.3, 0.4) is 0 Å². The number of nitrogens with one attached hydrogen (secondary N) is 2. The summed E-state index contributed by atoms with van der Waals surface area (Å²) in [5, 5.41) is 26.8. The summed E-state index contributed by atoms with van der Waals surface area (Å²) in [5.41, 5.74) is -2.22. The van der Waals surface area contributed by atoms with E-state index in [1.54, 1.807) is 33.8 Å². The maximum absolute atomic E-state index is 12.0. The molecule has 6 aliphatic rings. The second-order valence-corrected chi connectivity index (χ2v) is 12.3. The predicted molar refractivity (Wildman–Crippen MR) is 153 cm³/mol. The Morgan fingerprint density at radius 1 is 0.844 bits per heavy atom. The van der Waals surface area contributed by atoms with Crippen LogP contribution in [-0.4, -0.2) is 81.4 Å². The standard InChI is InChI=1S/C15H17NO6.C14H17NO6.C2H6/c1-4-6(2)13(18)22-11-10-8-7(12(17)16-10)5-21-14(19)9(8)15(11,3)20;1-5(2)12(17)21-10-9-7-6(11(16)15-9)4-20-13(18)8(7)14(10,3)19;1-2/h4-5,8-11,20H,1-3H3,(H,16,17);4-5,7-10,19H,1-3H3,(H,15,16);1-2H3/b6-4+;;/t8-,9-,10+,11+,15-;7-,8-,9+,10+,14-;/m11./s1. The Morgan fingerprint density at radius 3 is 1.62 bits per heavy atom. The molecule has 0 unspecified atom stereocenters. The van der Waals surface area contributed by atoms with Gasteiger partial charge in [-0.05, 0) is 27.7 Å². The molecule has 0 spiro atoms. The van der Waals surface area contributed by atoms with Gasteiger partial charge in [-0.3, -0.25) is 24.0 Å². The lowest BCUT2D eigenvalue weighted by Crippen LogP contribution is -2.52. The summed E-state index contributed by atoms with van der Waals surface area (Å²) < 4.78 is 20.5. The summed E-state index contributed by atoms with van der Waals surface area (Å²) in [5.74, 6) is -6.36. The van der Waals surface area contributed by atoms with Gasteiger partial charge in [-0.15, -0.1) is 0 Å². The van der Waals surface area contributed by atoms with Gasteiger partial charge in [0.2, 0.25) is 0 Å². The molecule has 0 aromatic rings. The molecule has 0 radical (unpaired) electrons. The molecule has 0 aromatic carbocycles. The lowest BCUT2D eigenvalue weighted by molar-refractivity contribution is -0.175. The van der Waals surface area contributed by atoms with E-state index in [1.807, 2.05) is 13.8 Å². The van der Waals surface area contributed by atoms with Crippen molar-refractivity contribution >= 4 is 35.7 Å². The fraction of sp³-hybridized carbons (Fsp3) is 0.613. The molecule has 10 atom stereocenters. The van der Waals surface area contributed by atoms with Crippen LogP contribution < -0.4 is 10.6 Å². The number of rotatable bonds is 4. The van der Waals surface area contributed by atoms with E-state index in [-0.39, 0.29) is 17.7 Å². The van der Waals surface area contributed by atoms with E-state index < -0.39 is 83.0 Å². The molecule has 4 fully saturated rings. The highest BCUT2D eigenvalue weighted by atomic mass is 16.6. The Bertz CT molecular complexity index is 1410. The third kappa shape index (κ3) is 5.33. The van der Waals surface area contributed by atoms with E-state index in [0.29, 0.717) is 16.7 Å². The van der Waals surface area contributed by atoms with Crippen molar-refractivity contribution in [3.05, 3.63) is 35.3 Å². The smallest absolute Gasteiger partial charge is 0.333 e. The van der Waals surface area contributed by atoms with Gasteiger partial charge in [0.05, 0.1) is 41.0 Å². The lowest BCUT2D eigenvalue weighted by atomic mass is 9.82. The van der Waals surface area contributed by atoms with Gasteiger partial charge in [0, 0.05) is 17.4 Å². The number of aliphatic hydroxyl groups is 2. The molecule has 4 N–H and O–H groups in total. The Labute approximate surface area is 260 Å². The normalized spacial score (nSPS) is 38.5. The maximum Gasteiger partial charge on any atom is 0.333 e. The van der Waals surface area contributed by atoms with Gasteiger partial charge in [0.15, 0.2) is 12.2 Å². The first kappa shape index (κ1) is 33.8. The van der Waals surface area contributed by atoms with Crippen molar-refractivity contribution in [2.24, 2.45) is 29.6 Å². The summed E-state index contributed by atoms with van der Waals surface area (Å²) >= 11 is 0. The summed E-state index contributed by atoms with van der Waals surface area (Å²) in [6.07, 6.45) is 1.83. The number of allylic oxidation sites excluding steroid dienone is 1. The van der Waals surface area contributed by atoms with Crippen molar-refractivity contribution in [3.63, 3.8) is 0 Å². The van der Waals surface area contributed by atoms with Crippen LogP contribution >= 0.6 is 0 Å². The largest absolute Gasteiger partial charge is 0.457 e. The van der Waals surface area contributed by atoms with Crippen molar-refractivity contribution in [2.75, 3.05) is 0 Å². The zero-order valence-electron chi connectivity index (χ0n) is 26.4. The topological polar surface area (TPSA) is 204 Å². The minimum atomic E-state index is -1.62. The minimum Gasteiger partial charge on any atom is -0.457 e. The van der Waals surface area contributed by atoms with E-state index in [2.05, 4.69) is 10.6 Å². The van der Waals surface area contributed by atoms with Crippen molar-refractivity contribution in [1.82, 2.24) is 10.6 Å². The van der Waals surface area contributed by atoms with Crippen molar-refractivity contribution in [3.8, 4) is 0 Å². The Hall–Kier alpha value is -4.04. The summed E-state index contributed by atoms with van der Waals surface area (Å²) in [7, 11) is 0. The number of cyclic esters (lactones) is 2. The second-order valence-electron chi connectivity index (χ2n) is 12.3. The highest BCUT2D eigenvalue weighted by molar-refractivity contribution is 6.01. The summed E-state index contributed by atoms with van der Waals surface area (Å²) in [4.78, 5) is 71.7. The van der Waals surface area contributed by atoms with Gasteiger partial charge in [-0.25, -0.2) is 4.79 Å². The average Bonchev–Trinajstić information content (AvgIpc) is 3.62. The first-order chi connectivity index (χ1) is 21.0. The van der Waals surface area contributed by atoms with E-state index in [0.717, 1.165) is 12.5 Å². The van der Waals surface area contributed by atoms with Crippen molar-refractivity contribution in [1.29, 1.82) is 0 Å². The average molecular weight is 633 g/mol. The summed E-state index contributed by atoms with van der Waals surface area (Å²) in [6, 6.07) is -1.25. The molecular weight excluding hydrogens is 592 g/mol. The molecule has 4 aliphatic heterocycles. The van der Waals surface area contributed by atoms with Crippen LogP contribution in [0.5, 0.6) is 0 Å². The fourth-order valence-electron chi connectivity index (χ4n) is 6.85. The molecule has 2 amide bonds. The molecule has 0 bridgehead atoms. The van der Waals surface area contributed by atoms with Crippen LogP contribution in [-0.2, 0) is 47.7 Å². The predicted octanol–water partition coefficient (Wildman–Crippen LogP) is 0.317. The monoisotopic (exact) mass is 632 g/mol.